The van der Waals surface area contributed by atoms with Crippen LogP contribution in [0.3, 0.4) is 0 Å². The summed E-state index contributed by atoms with van der Waals surface area (Å²) in [6, 6.07) is 14.6. The molecule has 1 N–H and O–H groups in total. The number of ether oxygens (including phenoxy) is 3. The minimum absolute atomic E-state index is 0.403. The van der Waals surface area contributed by atoms with Crippen molar-refractivity contribution >= 4 is 29.3 Å². The molecule has 2 aromatic rings. The molecular weight excluding hydrogens is 354 g/mol. The Balaban J connectivity index is 1.82. The summed E-state index contributed by atoms with van der Waals surface area (Å²) in [4.78, 5) is 24.6. The van der Waals surface area contributed by atoms with E-state index in [-0.39, 0.29) is 0 Å². The molecule has 26 heavy (non-hydrogen) atoms. The molecule has 1 amide bonds. The van der Waals surface area contributed by atoms with Gasteiger partial charge in [-0.1, -0.05) is 30.0 Å². The Labute approximate surface area is 156 Å². The molecule has 0 aliphatic carbocycles. The summed E-state index contributed by atoms with van der Waals surface area (Å²) in [5.41, 5.74) is 0.433. The second-order valence-corrected chi connectivity index (χ2v) is 5.94. The number of esters is 1. The molecule has 0 heterocycles. The van der Waals surface area contributed by atoms with Crippen LogP contribution in [0.4, 0.5) is 5.69 Å². The van der Waals surface area contributed by atoms with E-state index in [0.717, 1.165) is 4.90 Å². The largest absolute Gasteiger partial charge is 0.497 e. The van der Waals surface area contributed by atoms with Gasteiger partial charge in [0.05, 0.1) is 19.9 Å². The zero-order chi connectivity index (χ0) is 18.8. The van der Waals surface area contributed by atoms with Gasteiger partial charge in [-0.15, -0.1) is 0 Å². The predicted octanol–water partition coefficient (Wildman–Crippen LogP) is 3.49. The molecule has 0 spiro atoms. The van der Waals surface area contributed by atoms with Crippen LogP contribution in [0.5, 0.6) is 11.5 Å². The number of hydrogen-bond donors (Lipinski definition) is 1. The zero-order valence-electron chi connectivity index (χ0n) is 14.4. The molecule has 2 aromatic carbocycles. The standard InChI is InChI=1S/C19H19NO5S/c1-23-14-8-9-17(24-2)16(12-14)20-18(21)13-25-19(22)10-11-26-15-6-4-3-5-7-15/h3-12H,13H2,1-2H3,(H,20,21)/b11-10+. The maximum atomic E-state index is 12.0. The molecule has 136 valence electrons. The molecule has 0 aromatic heterocycles. The fraction of sp³-hybridized carbons (Fsp3) is 0.158. The maximum absolute atomic E-state index is 12.0. The van der Waals surface area contributed by atoms with E-state index in [1.165, 1.54) is 32.1 Å². The fourth-order valence-electron chi connectivity index (χ4n) is 1.95. The van der Waals surface area contributed by atoms with Crippen molar-refractivity contribution in [1.29, 1.82) is 0 Å². The molecule has 0 saturated heterocycles. The summed E-state index contributed by atoms with van der Waals surface area (Å²) in [6.45, 7) is -0.403. The Hall–Kier alpha value is -2.93. The number of carbonyl (C=O) groups is 2. The average Bonchev–Trinajstić information content (AvgIpc) is 2.67. The van der Waals surface area contributed by atoms with Crippen LogP contribution in [0, 0.1) is 0 Å². The summed E-state index contributed by atoms with van der Waals surface area (Å²) in [6.07, 6.45) is 1.27. The summed E-state index contributed by atoms with van der Waals surface area (Å²) in [7, 11) is 3.02. The third-order valence-electron chi connectivity index (χ3n) is 3.18. The normalized spacial score (nSPS) is 10.4. The second kappa shape index (κ2) is 10.1. The topological polar surface area (TPSA) is 73.9 Å². The Kier molecular flexibility index (Phi) is 7.57. The number of thioether (sulfide) groups is 1. The van der Waals surface area contributed by atoms with E-state index in [4.69, 9.17) is 14.2 Å². The highest BCUT2D eigenvalue weighted by molar-refractivity contribution is 8.02. The van der Waals surface area contributed by atoms with E-state index >= 15 is 0 Å². The number of methoxy groups -OCH3 is 2. The second-order valence-electron chi connectivity index (χ2n) is 4.96. The van der Waals surface area contributed by atoms with Crippen molar-refractivity contribution < 1.29 is 23.8 Å². The molecule has 0 fully saturated rings. The molecule has 2 rings (SSSR count). The first-order valence-corrected chi connectivity index (χ1v) is 8.57. The van der Waals surface area contributed by atoms with Gasteiger partial charge in [-0.3, -0.25) is 4.79 Å². The number of benzene rings is 2. The van der Waals surface area contributed by atoms with E-state index in [1.54, 1.807) is 23.6 Å². The van der Waals surface area contributed by atoms with Crippen LogP contribution in [0.25, 0.3) is 0 Å². The first kappa shape index (κ1) is 19.4. The van der Waals surface area contributed by atoms with Gasteiger partial charge in [0.2, 0.25) is 0 Å². The van der Waals surface area contributed by atoms with Crippen molar-refractivity contribution in [2.24, 2.45) is 0 Å². The lowest BCUT2D eigenvalue weighted by Crippen LogP contribution is -2.20. The van der Waals surface area contributed by atoms with Crippen molar-refractivity contribution in [3.8, 4) is 11.5 Å². The molecule has 0 bridgehead atoms. The number of rotatable bonds is 8. The molecule has 0 aliphatic heterocycles. The van der Waals surface area contributed by atoms with Crippen LogP contribution < -0.4 is 14.8 Å². The van der Waals surface area contributed by atoms with E-state index < -0.39 is 18.5 Å². The van der Waals surface area contributed by atoms with Gasteiger partial charge >= 0.3 is 5.97 Å². The van der Waals surface area contributed by atoms with Gasteiger partial charge in [0.15, 0.2) is 6.61 Å². The third kappa shape index (κ3) is 6.18. The Morgan fingerprint density at radius 2 is 1.85 bits per heavy atom. The monoisotopic (exact) mass is 373 g/mol. The molecule has 0 atom stereocenters. The van der Waals surface area contributed by atoms with E-state index in [2.05, 4.69) is 5.32 Å². The summed E-state index contributed by atoms with van der Waals surface area (Å²) in [5.74, 6) is -0.0289. The van der Waals surface area contributed by atoms with Crippen LogP contribution in [-0.2, 0) is 14.3 Å². The van der Waals surface area contributed by atoms with Crippen molar-refractivity contribution in [3.05, 3.63) is 60.0 Å². The van der Waals surface area contributed by atoms with E-state index in [0.29, 0.717) is 17.2 Å². The highest BCUT2D eigenvalue weighted by Crippen LogP contribution is 2.28. The number of hydrogen-bond acceptors (Lipinski definition) is 6. The van der Waals surface area contributed by atoms with Crippen LogP contribution in [0.15, 0.2) is 64.9 Å². The summed E-state index contributed by atoms with van der Waals surface area (Å²) >= 11 is 1.38. The number of carbonyl (C=O) groups excluding carboxylic acids is 2. The van der Waals surface area contributed by atoms with Crippen molar-refractivity contribution in [1.82, 2.24) is 0 Å². The average molecular weight is 373 g/mol. The zero-order valence-corrected chi connectivity index (χ0v) is 15.2. The molecular formula is C19H19NO5S. The summed E-state index contributed by atoms with van der Waals surface area (Å²) < 4.78 is 15.2. The maximum Gasteiger partial charge on any atom is 0.331 e. The minimum atomic E-state index is -0.596. The van der Waals surface area contributed by atoms with Crippen LogP contribution in [0.2, 0.25) is 0 Å². The molecule has 0 radical (unpaired) electrons. The molecule has 7 heteroatoms. The first-order chi connectivity index (χ1) is 12.6. The SMILES string of the molecule is COc1ccc(OC)c(NC(=O)COC(=O)/C=C/Sc2ccccc2)c1. The lowest BCUT2D eigenvalue weighted by atomic mass is 10.2. The van der Waals surface area contributed by atoms with Crippen molar-refractivity contribution in [2.75, 3.05) is 26.1 Å². The van der Waals surface area contributed by atoms with E-state index in [1.807, 2.05) is 30.3 Å². The molecule has 0 saturated carbocycles. The van der Waals surface area contributed by atoms with Crippen LogP contribution in [0.1, 0.15) is 0 Å². The van der Waals surface area contributed by atoms with E-state index in [9.17, 15) is 9.59 Å². The van der Waals surface area contributed by atoms with Gasteiger partial charge in [-0.05, 0) is 29.7 Å². The van der Waals surface area contributed by atoms with Gasteiger partial charge in [0.1, 0.15) is 11.5 Å². The third-order valence-corrected chi connectivity index (χ3v) is 3.99. The van der Waals surface area contributed by atoms with Crippen molar-refractivity contribution in [2.45, 2.75) is 4.90 Å². The molecule has 6 nitrogen and oxygen atoms in total. The highest BCUT2D eigenvalue weighted by atomic mass is 32.2. The Bertz CT molecular complexity index is 777. The van der Waals surface area contributed by atoms with Crippen LogP contribution in [-0.4, -0.2) is 32.7 Å². The molecule has 0 unspecified atom stereocenters. The van der Waals surface area contributed by atoms with Gasteiger partial charge in [-0.25, -0.2) is 4.79 Å². The number of anilines is 1. The Morgan fingerprint density at radius 1 is 1.08 bits per heavy atom. The van der Waals surface area contributed by atoms with Crippen LogP contribution >= 0.6 is 11.8 Å². The lowest BCUT2D eigenvalue weighted by molar-refractivity contribution is -0.142. The molecule has 0 aliphatic rings. The highest BCUT2D eigenvalue weighted by Gasteiger charge is 2.10. The quantitative estimate of drug-likeness (QED) is 0.434. The Morgan fingerprint density at radius 3 is 2.54 bits per heavy atom. The number of nitrogens with one attached hydrogen (secondary N) is 1. The predicted molar refractivity (Wildman–Crippen MR) is 101 cm³/mol. The van der Waals surface area contributed by atoms with Gasteiger partial charge in [0.25, 0.3) is 5.91 Å². The lowest BCUT2D eigenvalue weighted by Gasteiger charge is -2.11. The smallest absolute Gasteiger partial charge is 0.331 e. The minimum Gasteiger partial charge on any atom is -0.497 e. The number of amides is 1. The first-order valence-electron chi connectivity index (χ1n) is 7.69. The van der Waals surface area contributed by atoms with Crippen molar-refractivity contribution in [3.63, 3.8) is 0 Å². The summed E-state index contributed by atoms with van der Waals surface area (Å²) in [5, 5.41) is 4.23. The van der Waals surface area contributed by atoms with Gasteiger partial charge in [-0.2, -0.15) is 0 Å². The van der Waals surface area contributed by atoms with Gasteiger partial charge in [0, 0.05) is 17.0 Å². The fourth-order valence-corrected chi connectivity index (χ4v) is 2.60. The van der Waals surface area contributed by atoms with Gasteiger partial charge < -0.3 is 19.5 Å².